The quantitative estimate of drug-likeness (QED) is 0.393. The molecule has 0 saturated heterocycles. The number of benzene rings is 1. The normalized spacial score (nSPS) is 15.5. The van der Waals surface area contributed by atoms with E-state index in [0.717, 1.165) is 18.5 Å². The summed E-state index contributed by atoms with van der Waals surface area (Å²) in [5.41, 5.74) is 3.69. The Morgan fingerprint density at radius 3 is 2.29 bits per heavy atom. The summed E-state index contributed by atoms with van der Waals surface area (Å²) in [6.45, 7) is 1.50. The van der Waals surface area contributed by atoms with Crippen molar-refractivity contribution in [3.05, 3.63) is 30.3 Å². The van der Waals surface area contributed by atoms with Crippen molar-refractivity contribution in [3.63, 3.8) is 0 Å². The van der Waals surface area contributed by atoms with Gasteiger partial charge in [0.1, 0.15) is 6.34 Å². The van der Waals surface area contributed by atoms with Gasteiger partial charge in [-0.15, -0.1) is 0 Å². The molecule has 0 spiro atoms. The standard InChI is InChI=1S/C15H21N3O.ClHO4/c1-13(19)17-18(15-10-6-3-7-11-15)12-16-14-8-4-2-5-9-14;2-1(3,4)5/h3,6-7,10-12,14H,2,4-5,8-9H2,1H3,(H,17,19);(H,2,3,4,5). The highest BCUT2D eigenvalue weighted by atomic mass is 35.7. The number of nitrogens with one attached hydrogen (secondary N) is 1. The van der Waals surface area contributed by atoms with Crippen LogP contribution in [0.15, 0.2) is 35.3 Å². The number of aliphatic imine (C=N–C) groups is 1. The highest BCUT2D eigenvalue weighted by Crippen LogP contribution is 2.20. The summed E-state index contributed by atoms with van der Waals surface area (Å²) in [6, 6.07) is 10.1. The Hall–Kier alpha value is -1.71. The molecule has 0 bridgehead atoms. The van der Waals surface area contributed by atoms with Crippen LogP contribution >= 0.6 is 0 Å². The first kappa shape index (κ1) is 20.3. The number of amides is 1. The molecule has 1 fully saturated rings. The van der Waals surface area contributed by atoms with E-state index in [1.165, 1.54) is 26.2 Å². The van der Waals surface area contributed by atoms with E-state index >= 15 is 0 Å². The zero-order valence-corrected chi connectivity index (χ0v) is 14.2. The van der Waals surface area contributed by atoms with Gasteiger partial charge in [0, 0.05) is 6.92 Å². The van der Waals surface area contributed by atoms with Crippen LogP contribution in [0.25, 0.3) is 0 Å². The number of halogens is 1. The molecule has 2 rings (SSSR count). The molecule has 0 radical (unpaired) electrons. The molecule has 1 aliphatic rings. The lowest BCUT2D eigenvalue weighted by Crippen LogP contribution is -2.58. The first-order valence-electron chi connectivity index (χ1n) is 7.54. The van der Waals surface area contributed by atoms with Crippen LogP contribution in [0.4, 0.5) is 5.69 Å². The van der Waals surface area contributed by atoms with Crippen LogP contribution in [0.3, 0.4) is 0 Å². The Morgan fingerprint density at radius 1 is 1.25 bits per heavy atom. The molecule has 8 nitrogen and oxygen atoms in total. The molecule has 1 aromatic carbocycles. The van der Waals surface area contributed by atoms with Crippen LogP contribution in [0.5, 0.6) is 0 Å². The lowest BCUT2D eigenvalue weighted by Gasteiger charge is -2.22. The summed E-state index contributed by atoms with van der Waals surface area (Å²) < 4.78 is 32.7. The van der Waals surface area contributed by atoms with Crippen molar-refractivity contribution in [1.82, 2.24) is 5.43 Å². The van der Waals surface area contributed by atoms with Gasteiger partial charge < -0.3 is 0 Å². The van der Waals surface area contributed by atoms with E-state index in [0.29, 0.717) is 6.04 Å². The van der Waals surface area contributed by atoms with Crippen molar-refractivity contribution < 1.29 is 33.7 Å². The van der Waals surface area contributed by atoms with E-state index in [4.69, 9.17) is 18.6 Å². The fourth-order valence-electron chi connectivity index (χ4n) is 2.31. The van der Waals surface area contributed by atoms with E-state index in [1.807, 2.05) is 30.3 Å². The number of hydrogen-bond donors (Lipinski definition) is 2. The summed E-state index contributed by atoms with van der Waals surface area (Å²) in [4.78, 5) is 15.9. The molecule has 0 unspecified atom stereocenters. The average Bonchev–Trinajstić information content (AvgIpc) is 2.51. The van der Waals surface area contributed by atoms with Crippen LogP contribution in [0, 0.1) is 10.2 Å². The number of para-hydroxylation sites is 1. The average molecular weight is 360 g/mol. The smallest absolute Gasteiger partial charge is 0.235 e. The number of hydrogen-bond acceptors (Lipinski definition) is 6. The molecule has 2 N–H and O–H groups in total. The second-order valence-electron chi connectivity index (χ2n) is 5.33. The molecule has 1 saturated carbocycles. The van der Waals surface area contributed by atoms with Gasteiger partial charge in [0.15, 0.2) is 0 Å². The Balaban J connectivity index is 0.000000505. The predicted octanol–water partition coefficient (Wildman–Crippen LogP) is -1.22. The molecule has 0 aliphatic heterocycles. The Morgan fingerprint density at radius 2 is 1.79 bits per heavy atom. The summed E-state index contributed by atoms with van der Waals surface area (Å²) in [5.74, 6) is -0.0982. The molecule has 24 heavy (non-hydrogen) atoms. The number of carbonyl (C=O) groups is 1. The zero-order valence-electron chi connectivity index (χ0n) is 13.4. The van der Waals surface area contributed by atoms with Crippen molar-refractivity contribution in [2.24, 2.45) is 4.99 Å². The van der Waals surface area contributed by atoms with Gasteiger partial charge in [-0.1, -0.05) is 37.5 Å². The Labute approximate surface area is 143 Å². The summed E-state index contributed by atoms with van der Waals surface area (Å²) >= 11 is 0. The molecule has 134 valence electrons. The maximum atomic E-state index is 11.3. The fourth-order valence-corrected chi connectivity index (χ4v) is 2.31. The topological polar surface area (TPSA) is 134 Å². The predicted molar refractivity (Wildman–Crippen MR) is 80.3 cm³/mol. The van der Waals surface area contributed by atoms with Crippen molar-refractivity contribution in [2.75, 3.05) is 5.01 Å². The number of rotatable bonds is 4. The second kappa shape index (κ2) is 10.2. The first-order valence-corrected chi connectivity index (χ1v) is 8.80. The van der Waals surface area contributed by atoms with Gasteiger partial charge in [-0.25, -0.2) is 5.01 Å². The lowest BCUT2D eigenvalue weighted by atomic mass is 9.96. The second-order valence-corrected chi connectivity index (χ2v) is 6.12. The molecule has 0 heterocycles. The summed E-state index contributed by atoms with van der Waals surface area (Å²) in [6.07, 6.45) is 7.88. The molecule has 9 heteroatoms. The van der Waals surface area contributed by atoms with Gasteiger partial charge in [0.05, 0.1) is 26.6 Å². The minimum absolute atomic E-state index is 0.0982. The highest BCUT2D eigenvalue weighted by Gasteiger charge is 2.12. The third kappa shape index (κ3) is 10.1. The highest BCUT2D eigenvalue weighted by molar-refractivity contribution is 5.85. The van der Waals surface area contributed by atoms with Gasteiger partial charge in [-0.05, 0) is 25.0 Å². The van der Waals surface area contributed by atoms with Crippen LogP contribution in [-0.4, -0.2) is 22.9 Å². The first-order chi connectivity index (χ1) is 11.3. The molecule has 1 aliphatic carbocycles. The molecule has 0 aromatic heterocycles. The maximum Gasteiger partial charge on any atom is 0.235 e. The Kier molecular flexibility index (Phi) is 8.66. The zero-order chi connectivity index (χ0) is 18.0. The number of anilines is 1. The molecule has 1 aromatic rings. The van der Waals surface area contributed by atoms with E-state index < -0.39 is 10.2 Å². The molecular weight excluding hydrogens is 338 g/mol. The summed E-state index contributed by atoms with van der Waals surface area (Å²) in [7, 11) is -4.69. The van der Waals surface area contributed by atoms with E-state index in [2.05, 4.69) is 10.4 Å². The Bertz CT molecular complexity index is 510. The van der Waals surface area contributed by atoms with Gasteiger partial charge in [0.2, 0.25) is 5.91 Å². The van der Waals surface area contributed by atoms with E-state index in [1.54, 1.807) is 11.3 Å². The molecule has 0 atom stereocenters. The minimum atomic E-state index is -4.69. The molecule has 1 amide bonds. The van der Waals surface area contributed by atoms with E-state index in [-0.39, 0.29) is 5.91 Å². The third-order valence-corrected chi connectivity index (χ3v) is 3.28. The van der Waals surface area contributed by atoms with Crippen LogP contribution in [0.2, 0.25) is 0 Å². The van der Waals surface area contributed by atoms with Crippen LogP contribution in [-0.2, 0) is 4.79 Å². The maximum absolute atomic E-state index is 11.3. The number of carbonyl (C=O) groups excluding carboxylic acids is 1. The van der Waals surface area contributed by atoms with Gasteiger partial charge in [0.25, 0.3) is 0 Å². The fraction of sp³-hybridized carbons (Fsp3) is 0.467. The third-order valence-electron chi connectivity index (χ3n) is 3.28. The largest absolute Gasteiger partial charge is 0.274 e. The summed E-state index contributed by atoms with van der Waals surface area (Å²) in [5, 5.41) is 1.69. The van der Waals surface area contributed by atoms with E-state index in [9.17, 15) is 4.79 Å². The van der Waals surface area contributed by atoms with Crippen LogP contribution < -0.4 is 24.4 Å². The lowest BCUT2D eigenvalue weighted by molar-refractivity contribution is -1.92. The van der Waals surface area contributed by atoms with Gasteiger partial charge >= 0.3 is 0 Å². The van der Waals surface area contributed by atoms with Crippen molar-refractivity contribution in [1.29, 1.82) is 0 Å². The monoisotopic (exact) mass is 359 g/mol. The SMILES string of the molecule is CC(=O)NN(C=NC1CCCCC1)c1ccccc1.[O-][Cl+3]([O-])([O-])O. The van der Waals surface area contributed by atoms with Crippen molar-refractivity contribution >= 4 is 17.9 Å². The number of hydrazine groups is 1. The molecular formula is C15H22ClN3O5. The van der Waals surface area contributed by atoms with Crippen molar-refractivity contribution in [3.8, 4) is 0 Å². The van der Waals surface area contributed by atoms with Gasteiger partial charge in [-0.2, -0.15) is 14.0 Å². The number of nitrogens with zero attached hydrogens (tertiary/aromatic N) is 2. The van der Waals surface area contributed by atoms with Gasteiger partial charge in [-0.3, -0.25) is 15.2 Å². The van der Waals surface area contributed by atoms with Crippen LogP contribution in [0.1, 0.15) is 39.0 Å². The minimum Gasteiger partial charge on any atom is -0.274 e. The van der Waals surface area contributed by atoms with Crippen molar-refractivity contribution in [2.45, 2.75) is 45.1 Å².